The van der Waals surface area contributed by atoms with Gasteiger partial charge >= 0.3 is 0 Å². The summed E-state index contributed by atoms with van der Waals surface area (Å²) in [6.07, 6.45) is 3.08. The average molecular weight is 366 g/mol. The summed E-state index contributed by atoms with van der Waals surface area (Å²) in [5.74, 6) is 0.380. The molecule has 134 valence electrons. The van der Waals surface area contributed by atoms with E-state index < -0.39 is 0 Å². The molecule has 1 aromatic carbocycles. The number of fused-ring (bicyclic) bond motifs is 1. The minimum Gasteiger partial charge on any atom is -0.338 e. The molecule has 3 rings (SSSR count). The van der Waals surface area contributed by atoms with E-state index in [1.165, 1.54) is 17.3 Å². The van der Waals surface area contributed by atoms with Gasteiger partial charge in [0.15, 0.2) is 0 Å². The fourth-order valence-corrected chi connectivity index (χ4v) is 4.34. The van der Waals surface area contributed by atoms with Crippen molar-refractivity contribution in [2.24, 2.45) is 0 Å². The van der Waals surface area contributed by atoms with Gasteiger partial charge in [0.1, 0.15) is 11.1 Å². The number of rotatable bonds is 6. The maximum atomic E-state index is 12.7. The minimum atomic E-state index is 0.0743. The van der Waals surface area contributed by atoms with Gasteiger partial charge in [0.2, 0.25) is 5.91 Å². The summed E-state index contributed by atoms with van der Waals surface area (Å²) in [6, 6.07) is 12.3. The smallest absolute Gasteiger partial charge is 0.233 e. The van der Waals surface area contributed by atoms with Crippen molar-refractivity contribution in [1.29, 1.82) is 5.26 Å². The molecule has 1 heterocycles. The zero-order chi connectivity index (χ0) is 18.5. The fraction of sp³-hybridized carbons (Fsp3) is 0.381. The molecule has 0 unspecified atom stereocenters. The maximum absolute atomic E-state index is 12.7. The number of pyridine rings is 1. The van der Waals surface area contributed by atoms with Gasteiger partial charge < -0.3 is 4.90 Å². The fourth-order valence-electron chi connectivity index (χ4n) is 3.38. The monoisotopic (exact) mass is 365 g/mol. The van der Waals surface area contributed by atoms with Crippen molar-refractivity contribution in [3.05, 3.63) is 58.3 Å². The molecule has 0 spiro atoms. The quantitative estimate of drug-likeness (QED) is 0.729. The average Bonchev–Trinajstić information content (AvgIpc) is 3.14. The van der Waals surface area contributed by atoms with E-state index in [4.69, 9.17) is 4.98 Å². The third-order valence-corrected chi connectivity index (χ3v) is 5.82. The zero-order valence-corrected chi connectivity index (χ0v) is 16.1. The second-order valence-corrected chi connectivity index (χ2v) is 7.45. The number of nitrogens with zero attached hydrogens (tertiary/aromatic N) is 3. The summed E-state index contributed by atoms with van der Waals surface area (Å²) in [7, 11) is 0. The van der Waals surface area contributed by atoms with E-state index in [1.54, 1.807) is 0 Å². The summed E-state index contributed by atoms with van der Waals surface area (Å²) in [5.41, 5.74) is 5.14. The molecule has 2 aromatic rings. The molecule has 4 nitrogen and oxygen atoms in total. The largest absolute Gasteiger partial charge is 0.338 e. The first kappa shape index (κ1) is 18.5. The molecule has 0 atom stereocenters. The van der Waals surface area contributed by atoms with Crippen LogP contribution < -0.4 is 0 Å². The van der Waals surface area contributed by atoms with Crippen LogP contribution in [-0.4, -0.2) is 28.1 Å². The molecule has 1 aliphatic rings. The van der Waals surface area contributed by atoms with Gasteiger partial charge in [-0.3, -0.25) is 4.79 Å². The lowest BCUT2D eigenvalue weighted by atomic mass is 10.0. The predicted octanol–water partition coefficient (Wildman–Crippen LogP) is 3.89. The van der Waals surface area contributed by atoms with Crippen LogP contribution >= 0.6 is 11.8 Å². The first-order valence-electron chi connectivity index (χ1n) is 9.01. The highest BCUT2D eigenvalue weighted by Gasteiger charge is 2.22. The van der Waals surface area contributed by atoms with Gasteiger partial charge in [-0.1, -0.05) is 42.1 Å². The molecule has 1 aromatic heterocycles. The molecule has 0 aliphatic heterocycles. The number of benzene rings is 1. The molecule has 0 bridgehead atoms. The number of carbonyl (C=O) groups excluding carboxylic acids is 1. The Balaban J connectivity index is 1.71. The minimum absolute atomic E-state index is 0.0743. The standard InChI is InChI=1S/C21H23N3OS/c1-3-24(13-16-8-5-4-6-9-16)20(25)14-26-21-18(12-22)15(2)17-10-7-11-19(17)23-21/h4-6,8-9H,3,7,10-11,13-14H2,1-2H3. The molecule has 0 radical (unpaired) electrons. The van der Waals surface area contributed by atoms with E-state index in [0.717, 1.165) is 36.1 Å². The highest BCUT2D eigenvalue weighted by atomic mass is 32.2. The molecular formula is C21H23N3OS. The lowest BCUT2D eigenvalue weighted by Crippen LogP contribution is -2.31. The summed E-state index contributed by atoms with van der Waals surface area (Å²) in [5, 5.41) is 10.3. The molecule has 0 fully saturated rings. The van der Waals surface area contributed by atoms with Crippen LogP contribution in [0.15, 0.2) is 35.4 Å². The summed E-state index contributed by atoms with van der Waals surface area (Å²) in [4.78, 5) is 19.2. The van der Waals surface area contributed by atoms with Crippen molar-refractivity contribution in [2.45, 2.75) is 44.7 Å². The van der Waals surface area contributed by atoms with Crippen molar-refractivity contribution in [2.75, 3.05) is 12.3 Å². The van der Waals surface area contributed by atoms with Crippen LogP contribution in [0, 0.1) is 18.3 Å². The number of hydrogen-bond donors (Lipinski definition) is 0. The third kappa shape index (κ3) is 3.91. The number of nitriles is 1. The van der Waals surface area contributed by atoms with Gasteiger partial charge in [-0.05, 0) is 49.8 Å². The van der Waals surface area contributed by atoms with Gasteiger partial charge in [0.25, 0.3) is 0 Å². The topological polar surface area (TPSA) is 57.0 Å². The number of thioether (sulfide) groups is 1. The van der Waals surface area contributed by atoms with E-state index in [9.17, 15) is 10.1 Å². The Morgan fingerprint density at radius 1 is 1.31 bits per heavy atom. The van der Waals surface area contributed by atoms with E-state index in [2.05, 4.69) is 6.07 Å². The van der Waals surface area contributed by atoms with Gasteiger partial charge in [0.05, 0.1) is 11.3 Å². The lowest BCUT2D eigenvalue weighted by Gasteiger charge is -2.21. The van der Waals surface area contributed by atoms with E-state index in [-0.39, 0.29) is 5.91 Å². The molecular weight excluding hydrogens is 342 g/mol. The number of carbonyl (C=O) groups is 1. The second-order valence-electron chi connectivity index (χ2n) is 6.49. The summed E-state index contributed by atoms with van der Waals surface area (Å²) in [6.45, 7) is 5.27. The van der Waals surface area contributed by atoms with E-state index in [1.807, 2.05) is 49.1 Å². The zero-order valence-electron chi connectivity index (χ0n) is 15.3. The van der Waals surface area contributed by atoms with Crippen LogP contribution in [0.2, 0.25) is 0 Å². The first-order valence-corrected chi connectivity index (χ1v) is 9.99. The van der Waals surface area contributed by atoms with Crippen molar-refractivity contribution in [3.8, 4) is 6.07 Å². The van der Waals surface area contributed by atoms with Crippen molar-refractivity contribution in [3.63, 3.8) is 0 Å². The van der Waals surface area contributed by atoms with Crippen LogP contribution in [0.3, 0.4) is 0 Å². The Labute approximate surface area is 159 Å². The number of aryl methyl sites for hydroxylation is 1. The van der Waals surface area contributed by atoms with Crippen LogP contribution in [-0.2, 0) is 24.2 Å². The van der Waals surface area contributed by atoms with Crippen LogP contribution in [0.1, 0.15) is 41.3 Å². The predicted molar refractivity (Wildman–Crippen MR) is 104 cm³/mol. The Hall–Kier alpha value is -2.32. The Morgan fingerprint density at radius 3 is 2.77 bits per heavy atom. The lowest BCUT2D eigenvalue weighted by molar-refractivity contribution is -0.128. The van der Waals surface area contributed by atoms with Crippen molar-refractivity contribution in [1.82, 2.24) is 9.88 Å². The van der Waals surface area contributed by atoms with E-state index >= 15 is 0 Å². The van der Waals surface area contributed by atoms with Gasteiger partial charge in [-0.25, -0.2) is 4.98 Å². The molecule has 0 saturated carbocycles. The maximum Gasteiger partial charge on any atom is 0.233 e. The van der Waals surface area contributed by atoms with E-state index in [0.29, 0.717) is 29.4 Å². The summed E-state index contributed by atoms with van der Waals surface area (Å²) < 4.78 is 0. The second kappa shape index (κ2) is 8.37. The molecule has 5 heteroatoms. The molecule has 1 amide bonds. The third-order valence-electron chi connectivity index (χ3n) is 4.86. The number of hydrogen-bond acceptors (Lipinski definition) is 4. The van der Waals surface area contributed by atoms with Gasteiger partial charge in [-0.2, -0.15) is 5.26 Å². The first-order chi connectivity index (χ1) is 12.6. The Morgan fingerprint density at radius 2 is 2.08 bits per heavy atom. The Bertz CT molecular complexity index is 843. The number of amides is 1. The highest BCUT2D eigenvalue weighted by molar-refractivity contribution is 8.00. The van der Waals surface area contributed by atoms with Crippen LogP contribution in [0.5, 0.6) is 0 Å². The highest BCUT2D eigenvalue weighted by Crippen LogP contribution is 2.31. The molecule has 0 saturated heterocycles. The Kier molecular flexibility index (Phi) is 5.95. The van der Waals surface area contributed by atoms with Crippen LogP contribution in [0.25, 0.3) is 0 Å². The van der Waals surface area contributed by atoms with Crippen molar-refractivity contribution < 1.29 is 4.79 Å². The SMILES string of the molecule is CCN(Cc1ccccc1)C(=O)CSc1nc2c(c(C)c1C#N)CCC2. The van der Waals surface area contributed by atoms with Gasteiger partial charge in [-0.15, -0.1) is 0 Å². The summed E-state index contributed by atoms with van der Waals surface area (Å²) >= 11 is 1.39. The van der Waals surface area contributed by atoms with Gasteiger partial charge in [0, 0.05) is 18.8 Å². The molecule has 0 N–H and O–H groups in total. The normalized spacial score (nSPS) is 12.5. The van der Waals surface area contributed by atoms with Crippen molar-refractivity contribution >= 4 is 17.7 Å². The van der Waals surface area contributed by atoms with Crippen LogP contribution in [0.4, 0.5) is 0 Å². The molecule has 1 aliphatic carbocycles. The molecule has 26 heavy (non-hydrogen) atoms. The number of aromatic nitrogens is 1.